The van der Waals surface area contributed by atoms with Crippen LogP contribution in [-0.4, -0.2) is 27.9 Å². The van der Waals surface area contributed by atoms with Crippen molar-refractivity contribution in [2.24, 2.45) is 0 Å². The fraction of sp³-hybridized carbons (Fsp3) is 0.364. The lowest BCUT2D eigenvalue weighted by atomic mass is 9.92. The molecular weight excluding hydrogens is 360 g/mol. The molecule has 0 aliphatic carbocycles. The van der Waals surface area contributed by atoms with E-state index < -0.39 is 17.7 Å². The van der Waals surface area contributed by atoms with E-state index >= 15 is 0 Å². The second-order valence-corrected chi connectivity index (χ2v) is 7.20. The zero-order valence-electron chi connectivity index (χ0n) is 16.2. The molecule has 0 saturated heterocycles. The topological polar surface area (TPSA) is 93.1 Å². The molecule has 1 atom stereocenters. The Kier molecular flexibility index (Phi) is 5.31. The lowest BCUT2D eigenvalue weighted by Gasteiger charge is -2.33. The van der Waals surface area contributed by atoms with Crippen LogP contribution in [0.15, 0.2) is 30.3 Å². The Morgan fingerprint density at radius 1 is 1.14 bits per heavy atom. The minimum absolute atomic E-state index is 0.0539. The van der Waals surface area contributed by atoms with Gasteiger partial charge in [-0.25, -0.2) is 9.59 Å². The molecule has 0 bridgehead atoms. The first-order chi connectivity index (χ1) is 13.3. The minimum atomic E-state index is -2.16. The number of cyclic esters (lactones) is 1. The third-order valence-corrected chi connectivity index (χ3v) is 4.88. The molecule has 6 heteroatoms. The lowest BCUT2D eigenvalue weighted by Crippen LogP contribution is -2.49. The standard InChI is InChI=1S/C22H24O6/c1-4-5-6-9-15-12-16(23)17(14-10-7-8-13(2)11-14)19-18(15)20(24)28-22(3,27-19)21(25)26/h7-8,10-12,23H,4-6,9H2,1-3H3,(H,25,26). The van der Waals surface area contributed by atoms with Crippen LogP contribution in [0.2, 0.25) is 0 Å². The van der Waals surface area contributed by atoms with E-state index in [1.165, 1.54) is 6.92 Å². The van der Waals surface area contributed by atoms with Gasteiger partial charge in [-0.2, -0.15) is 0 Å². The molecule has 0 amide bonds. The van der Waals surface area contributed by atoms with Crippen molar-refractivity contribution in [2.45, 2.75) is 52.2 Å². The smallest absolute Gasteiger partial charge is 0.390 e. The van der Waals surface area contributed by atoms with Crippen LogP contribution >= 0.6 is 0 Å². The molecule has 0 saturated carbocycles. The summed E-state index contributed by atoms with van der Waals surface area (Å²) < 4.78 is 10.8. The van der Waals surface area contributed by atoms with Crippen molar-refractivity contribution in [1.82, 2.24) is 0 Å². The summed E-state index contributed by atoms with van der Waals surface area (Å²) in [5.41, 5.74) is 2.66. The van der Waals surface area contributed by atoms with Crippen molar-refractivity contribution in [2.75, 3.05) is 0 Å². The summed E-state index contributed by atoms with van der Waals surface area (Å²) in [6.45, 7) is 5.16. The predicted molar refractivity (Wildman–Crippen MR) is 104 cm³/mol. The molecular formula is C22H24O6. The molecule has 0 fully saturated rings. The normalized spacial score (nSPS) is 18.2. The second kappa shape index (κ2) is 7.54. The second-order valence-electron chi connectivity index (χ2n) is 7.20. The summed E-state index contributed by atoms with van der Waals surface area (Å²) in [4.78, 5) is 24.4. The molecule has 3 rings (SSSR count). The van der Waals surface area contributed by atoms with Gasteiger partial charge < -0.3 is 19.7 Å². The van der Waals surface area contributed by atoms with Crippen LogP contribution in [0, 0.1) is 6.92 Å². The zero-order chi connectivity index (χ0) is 20.5. The van der Waals surface area contributed by atoms with E-state index in [9.17, 15) is 19.8 Å². The van der Waals surface area contributed by atoms with E-state index in [0.29, 0.717) is 23.1 Å². The molecule has 2 N–H and O–H groups in total. The number of benzene rings is 2. The third-order valence-electron chi connectivity index (χ3n) is 4.88. The molecule has 6 nitrogen and oxygen atoms in total. The summed E-state index contributed by atoms with van der Waals surface area (Å²) in [5.74, 6) is -4.34. The number of aliphatic carboxylic acids is 1. The predicted octanol–water partition coefficient (Wildman–Crippen LogP) is 4.45. The molecule has 0 spiro atoms. The van der Waals surface area contributed by atoms with E-state index in [2.05, 4.69) is 6.92 Å². The number of esters is 1. The fourth-order valence-corrected chi connectivity index (χ4v) is 3.40. The molecule has 2 aromatic carbocycles. The van der Waals surface area contributed by atoms with E-state index in [0.717, 1.165) is 24.8 Å². The Morgan fingerprint density at radius 2 is 1.89 bits per heavy atom. The summed E-state index contributed by atoms with van der Waals surface area (Å²) in [5, 5.41) is 20.3. The summed E-state index contributed by atoms with van der Waals surface area (Å²) in [6, 6.07) is 8.90. The van der Waals surface area contributed by atoms with E-state index in [1.54, 1.807) is 12.1 Å². The largest absolute Gasteiger partial charge is 0.507 e. The maximum absolute atomic E-state index is 12.8. The highest BCUT2D eigenvalue weighted by atomic mass is 16.7. The molecule has 1 aliphatic rings. The van der Waals surface area contributed by atoms with Gasteiger partial charge in [-0.05, 0) is 37.0 Å². The van der Waals surface area contributed by atoms with Gasteiger partial charge in [-0.15, -0.1) is 0 Å². The number of phenols is 1. The SMILES string of the molecule is CCCCCc1cc(O)c(-c2cccc(C)c2)c2c1C(=O)OC(C)(C(=O)O)O2. The van der Waals surface area contributed by atoms with Gasteiger partial charge in [-0.3, -0.25) is 0 Å². The quantitative estimate of drug-likeness (QED) is 0.565. The Labute approximate surface area is 163 Å². The number of hydrogen-bond donors (Lipinski definition) is 2. The molecule has 2 aromatic rings. The monoisotopic (exact) mass is 384 g/mol. The van der Waals surface area contributed by atoms with Gasteiger partial charge in [-0.1, -0.05) is 49.6 Å². The number of carboxylic acids is 1. The lowest BCUT2D eigenvalue weighted by molar-refractivity contribution is -0.192. The van der Waals surface area contributed by atoms with Gasteiger partial charge in [0.25, 0.3) is 0 Å². The molecule has 1 heterocycles. The Morgan fingerprint density at radius 3 is 2.54 bits per heavy atom. The van der Waals surface area contributed by atoms with Gasteiger partial charge >= 0.3 is 17.7 Å². The van der Waals surface area contributed by atoms with Crippen LogP contribution < -0.4 is 4.74 Å². The van der Waals surface area contributed by atoms with E-state index in [1.807, 2.05) is 25.1 Å². The summed E-state index contributed by atoms with van der Waals surface area (Å²) >= 11 is 0. The van der Waals surface area contributed by atoms with E-state index in [4.69, 9.17) is 9.47 Å². The van der Waals surface area contributed by atoms with Crippen LogP contribution in [0.1, 0.15) is 54.6 Å². The van der Waals surface area contributed by atoms with Crippen LogP contribution in [-0.2, 0) is 16.0 Å². The number of unbranched alkanes of at least 4 members (excludes halogenated alkanes) is 2. The van der Waals surface area contributed by atoms with Crippen molar-refractivity contribution in [3.8, 4) is 22.6 Å². The van der Waals surface area contributed by atoms with Gasteiger partial charge in [0.1, 0.15) is 11.3 Å². The highest BCUT2D eigenvalue weighted by Crippen LogP contribution is 2.47. The maximum atomic E-state index is 12.8. The Hall–Kier alpha value is -3.02. The van der Waals surface area contributed by atoms with Crippen molar-refractivity contribution in [3.05, 3.63) is 47.0 Å². The van der Waals surface area contributed by atoms with Crippen molar-refractivity contribution >= 4 is 11.9 Å². The third kappa shape index (κ3) is 3.54. The first kappa shape index (κ1) is 19.7. The molecule has 0 aromatic heterocycles. The summed E-state index contributed by atoms with van der Waals surface area (Å²) in [7, 11) is 0. The van der Waals surface area contributed by atoms with E-state index in [-0.39, 0.29) is 17.1 Å². The molecule has 1 unspecified atom stereocenters. The van der Waals surface area contributed by atoms with Crippen molar-refractivity contribution < 1.29 is 29.3 Å². The average molecular weight is 384 g/mol. The highest BCUT2D eigenvalue weighted by Gasteiger charge is 2.47. The highest BCUT2D eigenvalue weighted by molar-refractivity contribution is 6.01. The number of phenolic OH excluding ortho intramolecular Hbond substituents is 1. The number of fused-ring (bicyclic) bond motifs is 1. The van der Waals surface area contributed by atoms with Gasteiger partial charge in [0.15, 0.2) is 5.75 Å². The Balaban J connectivity index is 2.23. The number of aromatic hydroxyl groups is 1. The molecule has 28 heavy (non-hydrogen) atoms. The number of aryl methyl sites for hydroxylation is 2. The van der Waals surface area contributed by atoms with Gasteiger partial charge in [0.2, 0.25) is 0 Å². The van der Waals surface area contributed by atoms with Gasteiger partial charge in [0, 0.05) is 6.92 Å². The number of carbonyl (C=O) groups is 2. The van der Waals surface area contributed by atoms with Crippen LogP contribution in [0.4, 0.5) is 0 Å². The van der Waals surface area contributed by atoms with Gasteiger partial charge in [0.05, 0.1) is 5.56 Å². The van der Waals surface area contributed by atoms with Crippen LogP contribution in [0.25, 0.3) is 11.1 Å². The summed E-state index contributed by atoms with van der Waals surface area (Å²) in [6.07, 6.45) is 3.36. The maximum Gasteiger partial charge on any atom is 0.390 e. The van der Waals surface area contributed by atoms with Crippen LogP contribution in [0.3, 0.4) is 0 Å². The van der Waals surface area contributed by atoms with Crippen LogP contribution in [0.5, 0.6) is 11.5 Å². The molecule has 0 radical (unpaired) electrons. The number of hydrogen-bond acceptors (Lipinski definition) is 5. The zero-order valence-corrected chi connectivity index (χ0v) is 16.2. The molecule has 1 aliphatic heterocycles. The average Bonchev–Trinajstić information content (AvgIpc) is 2.61. The number of carboxylic acid groups (broad SMARTS) is 1. The number of carbonyl (C=O) groups excluding carboxylic acids is 1. The van der Waals surface area contributed by atoms with Crippen molar-refractivity contribution in [3.63, 3.8) is 0 Å². The number of ether oxygens (including phenoxy) is 2. The number of rotatable bonds is 6. The first-order valence-electron chi connectivity index (χ1n) is 9.38. The fourth-order valence-electron chi connectivity index (χ4n) is 3.40. The first-order valence-corrected chi connectivity index (χ1v) is 9.38. The molecule has 148 valence electrons. The Bertz CT molecular complexity index is 933. The minimum Gasteiger partial charge on any atom is -0.507 e. The van der Waals surface area contributed by atoms with Crippen molar-refractivity contribution in [1.29, 1.82) is 0 Å².